The molecule has 3 aromatic rings. The standard InChI is InChI=1S/C12H10N4/c13-11-9-3-6-15-7-10(9)16-12(11)8-1-4-14-5-2-8/h1-7,16H,13H2. The van der Waals surface area contributed by atoms with Crippen LogP contribution in [0, 0.1) is 0 Å². The van der Waals surface area contributed by atoms with Crippen molar-refractivity contribution >= 4 is 16.6 Å². The van der Waals surface area contributed by atoms with E-state index in [0.717, 1.165) is 27.8 Å². The first kappa shape index (κ1) is 8.91. The maximum Gasteiger partial charge on any atom is 0.0700 e. The van der Waals surface area contributed by atoms with Gasteiger partial charge in [0.1, 0.15) is 0 Å². The number of fused-ring (bicyclic) bond motifs is 1. The molecule has 16 heavy (non-hydrogen) atoms. The summed E-state index contributed by atoms with van der Waals surface area (Å²) in [7, 11) is 0. The Morgan fingerprint density at radius 1 is 1.00 bits per heavy atom. The second kappa shape index (κ2) is 3.34. The zero-order chi connectivity index (χ0) is 11.0. The average Bonchev–Trinajstić information content (AvgIpc) is 2.69. The van der Waals surface area contributed by atoms with Gasteiger partial charge in [0.15, 0.2) is 0 Å². The van der Waals surface area contributed by atoms with Crippen LogP contribution in [0.3, 0.4) is 0 Å². The van der Waals surface area contributed by atoms with Crippen LogP contribution in [0.5, 0.6) is 0 Å². The molecule has 78 valence electrons. The van der Waals surface area contributed by atoms with Crippen LogP contribution in [-0.4, -0.2) is 15.0 Å². The molecule has 4 nitrogen and oxygen atoms in total. The number of pyridine rings is 2. The number of hydrogen-bond acceptors (Lipinski definition) is 3. The molecule has 0 saturated carbocycles. The summed E-state index contributed by atoms with van der Waals surface area (Å²) in [6.45, 7) is 0. The lowest BCUT2D eigenvalue weighted by molar-refractivity contribution is 1.31. The minimum atomic E-state index is 0.753. The summed E-state index contributed by atoms with van der Waals surface area (Å²) in [5.74, 6) is 0. The summed E-state index contributed by atoms with van der Waals surface area (Å²) < 4.78 is 0. The van der Waals surface area contributed by atoms with Crippen molar-refractivity contribution in [3.05, 3.63) is 43.0 Å². The number of nitrogens with zero attached hydrogens (tertiary/aromatic N) is 2. The van der Waals surface area contributed by atoms with Crippen molar-refractivity contribution in [2.45, 2.75) is 0 Å². The van der Waals surface area contributed by atoms with Crippen LogP contribution >= 0.6 is 0 Å². The SMILES string of the molecule is Nc1c(-c2ccncc2)[nH]c2cnccc12. The van der Waals surface area contributed by atoms with E-state index in [1.165, 1.54) is 0 Å². The molecule has 3 rings (SSSR count). The highest BCUT2D eigenvalue weighted by molar-refractivity contribution is 5.99. The van der Waals surface area contributed by atoms with Crippen molar-refractivity contribution in [3.63, 3.8) is 0 Å². The number of anilines is 1. The fourth-order valence-electron chi connectivity index (χ4n) is 1.81. The molecule has 3 aromatic heterocycles. The fourth-order valence-corrected chi connectivity index (χ4v) is 1.81. The van der Waals surface area contributed by atoms with Crippen LogP contribution in [-0.2, 0) is 0 Å². The van der Waals surface area contributed by atoms with Gasteiger partial charge in [-0.25, -0.2) is 0 Å². The van der Waals surface area contributed by atoms with Gasteiger partial charge < -0.3 is 10.7 Å². The molecule has 0 aliphatic rings. The molecule has 0 aromatic carbocycles. The van der Waals surface area contributed by atoms with Crippen molar-refractivity contribution in [3.8, 4) is 11.3 Å². The molecule has 0 aliphatic carbocycles. The van der Waals surface area contributed by atoms with Crippen LogP contribution in [0.4, 0.5) is 5.69 Å². The largest absolute Gasteiger partial charge is 0.396 e. The van der Waals surface area contributed by atoms with Crippen LogP contribution in [0.25, 0.3) is 22.2 Å². The third kappa shape index (κ3) is 1.24. The van der Waals surface area contributed by atoms with E-state index in [4.69, 9.17) is 5.73 Å². The zero-order valence-corrected chi connectivity index (χ0v) is 8.51. The van der Waals surface area contributed by atoms with Gasteiger partial charge in [0.25, 0.3) is 0 Å². The molecule has 0 radical (unpaired) electrons. The number of nitrogens with two attached hydrogens (primary N) is 1. The first-order valence-corrected chi connectivity index (χ1v) is 4.98. The van der Waals surface area contributed by atoms with Crippen molar-refractivity contribution in [1.29, 1.82) is 0 Å². The number of hydrogen-bond donors (Lipinski definition) is 2. The Morgan fingerprint density at radius 3 is 2.50 bits per heavy atom. The Hall–Kier alpha value is -2.36. The number of nitrogens with one attached hydrogen (secondary N) is 1. The van der Waals surface area contributed by atoms with Gasteiger partial charge in [-0.05, 0) is 18.2 Å². The van der Waals surface area contributed by atoms with Gasteiger partial charge in [-0.15, -0.1) is 0 Å². The maximum atomic E-state index is 6.09. The quantitative estimate of drug-likeness (QED) is 0.647. The molecule has 0 spiro atoms. The lowest BCUT2D eigenvalue weighted by Gasteiger charge is -1.98. The first-order valence-electron chi connectivity index (χ1n) is 4.98. The molecular weight excluding hydrogens is 200 g/mol. The lowest BCUT2D eigenvalue weighted by Crippen LogP contribution is -1.87. The van der Waals surface area contributed by atoms with E-state index in [1.807, 2.05) is 18.2 Å². The fraction of sp³-hybridized carbons (Fsp3) is 0. The molecule has 0 saturated heterocycles. The minimum absolute atomic E-state index is 0.753. The van der Waals surface area contributed by atoms with Crippen molar-refractivity contribution in [2.24, 2.45) is 0 Å². The molecule has 0 fully saturated rings. The highest BCUT2D eigenvalue weighted by atomic mass is 14.8. The predicted octanol–water partition coefficient (Wildman–Crippen LogP) is 2.21. The third-order valence-corrected chi connectivity index (χ3v) is 2.61. The molecule has 0 aliphatic heterocycles. The van der Waals surface area contributed by atoms with E-state index in [0.29, 0.717) is 0 Å². The second-order valence-corrected chi connectivity index (χ2v) is 3.57. The Morgan fingerprint density at radius 2 is 1.75 bits per heavy atom. The van der Waals surface area contributed by atoms with Gasteiger partial charge >= 0.3 is 0 Å². The molecule has 0 unspecified atom stereocenters. The van der Waals surface area contributed by atoms with Gasteiger partial charge in [0.05, 0.1) is 23.1 Å². The summed E-state index contributed by atoms with van der Waals surface area (Å²) in [5.41, 5.74) is 9.75. The Balaban J connectivity index is 2.29. The minimum Gasteiger partial charge on any atom is -0.396 e. The number of aromatic nitrogens is 3. The molecule has 0 bridgehead atoms. The highest BCUT2D eigenvalue weighted by Gasteiger charge is 2.09. The Bertz CT molecular complexity index is 628. The number of nitrogen functional groups attached to an aromatic ring is 1. The molecule has 3 heterocycles. The monoisotopic (exact) mass is 210 g/mol. The van der Waals surface area contributed by atoms with Gasteiger partial charge in [0, 0.05) is 29.5 Å². The van der Waals surface area contributed by atoms with Crippen LogP contribution < -0.4 is 5.73 Å². The summed E-state index contributed by atoms with van der Waals surface area (Å²) in [6, 6.07) is 5.76. The molecule has 0 amide bonds. The van der Waals surface area contributed by atoms with E-state index < -0.39 is 0 Å². The van der Waals surface area contributed by atoms with Gasteiger partial charge in [-0.3, -0.25) is 9.97 Å². The Kier molecular flexibility index (Phi) is 1.86. The summed E-state index contributed by atoms with van der Waals surface area (Å²) in [5, 5.41) is 1.00. The lowest BCUT2D eigenvalue weighted by atomic mass is 10.1. The predicted molar refractivity (Wildman–Crippen MR) is 63.7 cm³/mol. The number of H-pyrrole nitrogens is 1. The second-order valence-electron chi connectivity index (χ2n) is 3.57. The number of aromatic amines is 1. The average molecular weight is 210 g/mol. The van der Waals surface area contributed by atoms with Crippen molar-refractivity contribution < 1.29 is 0 Å². The zero-order valence-electron chi connectivity index (χ0n) is 8.51. The van der Waals surface area contributed by atoms with E-state index in [1.54, 1.807) is 24.8 Å². The van der Waals surface area contributed by atoms with Crippen LogP contribution in [0.2, 0.25) is 0 Å². The van der Waals surface area contributed by atoms with E-state index in [9.17, 15) is 0 Å². The van der Waals surface area contributed by atoms with Crippen molar-refractivity contribution in [1.82, 2.24) is 15.0 Å². The van der Waals surface area contributed by atoms with E-state index in [2.05, 4.69) is 15.0 Å². The molecule has 0 atom stereocenters. The molecular formula is C12H10N4. The maximum absolute atomic E-state index is 6.09. The smallest absolute Gasteiger partial charge is 0.0700 e. The third-order valence-electron chi connectivity index (χ3n) is 2.61. The highest BCUT2D eigenvalue weighted by Crippen LogP contribution is 2.31. The topological polar surface area (TPSA) is 67.6 Å². The first-order chi connectivity index (χ1) is 7.86. The van der Waals surface area contributed by atoms with E-state index >= 15 is 0 Å². The Labute approximate surface area is 92.2 Å². The van der Waals surface area contributed by atoms with Crippen LogP contribution in [0.1, 0.15) is 0 Å². The van der Waals surface area contributed by atoms with Gasteiger partial charge in [-0.1, -0.05) is 0 Å². The van der Waals surface area contributed by atoms with Gasteiger partial charge in [0.2, 0.25) is 0 Å². The number of rotatable bonds is 1. The van der Waals surface area contributed by atoms with Crippen molar-refractivity contribution in [2.75, 3.05) is 5.73 Å². The summed E-state index contributed by atoms with van der Waals surface area (Å²) in [6.07, 6.45) is 7.01. The van der Waals surface area contributed by atoms with E-state index in [-0.39, 0.29) is 0 Å². The normalized spacial score (nSPS) is 10.8. The molecule has 3 N–H and O–H groups in total. The summed E-state index contributed by atoms with van der Waals surface area (Å²) >= 11 is 0. The summed E-state index contributed by atoms with van der Waals surface area (Å²) in [4.78, 5) is 11.3. The molecule has 4 heteroatoms. The van der Waals surface area contributed by atoms with Crippen LogP contribution in [0.15, 0.2) is 43.0 Å². The van der Waals surface area contributed by atoms with Gasteiger partial charge in [-0.2, -0.15) is 0 Å².